The van der Waals surface area contributed by atoms with Crippen LogP contribution in [-0.2, 0) is 32.6 Å². The molecule has 0 saturated heterocycles. The van der Waals surface area contributed by atoms with E-state index in [1.807, 2.05) is 0 Å². The van der Waals surface area contributed by atoms with Gasteiger partial charge in [-0.3, -0.25) is 0 Å². The zero-order valence-electron chi connectivity index (χ0n) is 15.5. The number of benzene rings is 2. The quantitative estimate of drug-likeness (QED) is 0.271. The Morgan fingerprint density at radius 1 is 0.808 bits per heavy atom. The van der Waals surface area contributed by atoms with E-state index in [1.165, 1.54) is 27.1 Å². The van der Waals surface area contributed by atoms with E-state index in [2.05, 4.69) is 98.9 Å². The third kappa shape index (κ3) is 7.92. The van der Waals surface area contributed by atoms with E-state index in [-0.39, 0.29) is 51.0 Å². The van der Waals surface area contributed by atoms with Gasteiger partial charge in [-0.1, -0.05) is 38.6 Å². The molecule has 0 N–H and O–H groups in total. The first-order chi connectivity index (χ1) is 11.3. The van der Waals surface area contributed by atoms with Crippen LogP contribution >= 0.6 is 0 Å². The monoisotopic (exact) mass is 477 g/mol. The molecule has 4 rings (SSSR count). The molecule has 26 heavy (non-hydrogen) atoms. The van der Waals surface area contributed by atoms with Gasteiger partial charge in [0.1, 0.15) is 0 Å². The van der Waals surface area contributed by atoms with Gasteiger partial charge in [0.05, 0.1) is 0 Å². The smallest absolute Gasteiger partial charge is 1.00 e. The van der Waals surface area contributed by atoms with Crippen LogP contribution in [0.1, 0.15) is 12.5 Å². The molecule has 4 heteroatoms. The molecule has 0 aliphatic rings. The summed E-state index contributed by atoms with van der Waals surface area (Å²) in [5, 5.41) is 5.44. The van der Waals surface area contributed by atoms with Crippen molar-refractivity contribution in [2.75, 3.05) is 0 Å². The van der Waals surface area contributed by atoms with E-state index in [9.17, 15) is 0 Å². The third-order valence-electron chi connectivity index (χ3n) is 3.70. The van der Waals surface area contributed by atoms with Gasteiger partial charge in [-0.2, -0.15) is 23.1 Å². The number of aryl methyl sites for hydroxylation is 1. The first-order valence-electron chi connectivity index (χ1n) is 8.27. The fourth-order valence-electron chi connectivity index (χ4n) is 2.59. The standard InChI is InChI=1S/C11H11.C9H7.C2H7Si.2ClH.Zr/c1-2-9-7-8-10-5-3-4-6-11(9)10;1-2-5-9-7-3-6-8(9)4-1;1-3-2;;;/h3-8H,2H2,1H3;1-7H;3H,1-2H3;2*1H;/q2*-1;;;;+4/p-2. The van der Waals surface area contributed by atoms with Crippen LogP contribution in [-0.4, -0.2) is 9.52 Å². The van der Waals surface area contributed by atoms with Crippen molar-refractivity contribution in [3.63, 3.8) is 0 Å². The second-order valence-electron chi connectivity index (χ2n) is 5.53. The average Bonchev–Trinajstić information content (AvgIpc) is 3.22. The van der Waals surface area contributed by atoms with Crippen LogP contribution in [0, 0.1) is 0 Å². The first kappa shape index (κ1) is 27.6. The summed E-state index contributed by atoms with van der Waals surface area (Å²) in [6, 6.07) is 27.6. The Morgan fingerprint density at radius 3 is 2.00 bits per heavy atom. The van der Waals surface area contributed by atoms with Crippen molar-refractivity contribution < 1.29 is 51.0 Å². The largest absolute Gasteiger partial charge is 4.00 e. The fraction of sp³-hybridized carbons (Fsp3) is 0.182. The number of fused-ring (bicyclic) bond motifs is 2. The van der Waals surface area contributed by atoms with Crippen molar-refractivity contribution in [2.45, 2.75) is 26.4 Å². The molecule has 0 aliphatic carbocycles. The summed E-state index contributed by atoms with van der Waals surface area (Å²) in [5.41, 5.74) is 1.46. The maximum absolute atomic E-state index is 2.21. The summed E-state index contributed by atoms with van der Waals surface area (Å²) in [7, 11) is 0.750. The van der Waals surface area contributed by atoms with Crippen molar-refractivity contribution in [3.8, 4) is 0 Å². The molecule has 0 heterocycles. The average molecular weight is 480 g/mol. The summed E-state index contributed by atoms with van der Waals surface area (Å²) in [4.78, 5) is 0. The normalized spacial score (nSPS) is 8.73. The molecule has 0 aromatic heterocycles. The summed E-state index contributed by atoms with van der Waals surface area (Å²) in [6.07, 6.45) is 1.13. The Morgan fingerprint density at radius 2 is 1.38 bits per heavy atom. The Balaban J connectivity index is 0. The molecule has 0 saturated carbocycles. The molecule has 0 bridgehead atoms. The molecule has 0 fully saturated rings. The molecule has 4 aromatic rings. The van der Waals surface area contributed by atoms with E-state index >= 15 is 0 Å². The molecule has 135 valence electrons. The zero-order chi connectivity index (χ0) is 16.5. The van der Waals surface area contributed by atoms with Crippen molar-refractivity contribution in [2.24, 2.45) is 0 Å². The molecule has 0 atom stereocenters. The molecule has 0 nitrogen and oxygen atoms in total. The van der Waals surface area contributed by atoms with Crippen LogP contribution in [0.2, 0.25) is 13.1 Å². The second kappa shape index (κ2) is 15.4. The summed E-state index contributed by atoms with van der Waals surface area (Å²) < 4.78 is 0. The maximum Gasteiger partial charge on any atom is 4.00 e. The maximum atomic E-state index is 2.21. The van der Waals surface area contributed by atoms with Gasteiger partial charge < -0.3 is 24.8 Å². The molecule has 4 aromatic carbocycles. The molecule has 0 unspecified atom stereocenters. The van der Waals surface area contributed by atoms with Crippen LogP contribution in [0.25, 0.3) is 21.5 Å². The van der Waals surface area contributed by atoms with Crippen molar-refractivity contribution >= 4 is 31.1 Å². The van der Waals surface area contributed by atoms with Crippen LogP contribution in [0.15, 0.2) is 78.9 Å². The van der Waals surface area contributed by atoms with E-state index in [0.717, 1.165) is 15.9 Å². The molecule has 0 amide bonds. The third-order valence-corrected chi connectivity index (χ3v) is 3.70. The predicted octanol–water partition coefficient (Wildman–Crippen LogP) is 0.204. The molecule has 0 aliphatic heterocycles. The zero-order valence-corrected chi connectivity index (χ0v) is 20.7. The fourth-order valence-corrected chi connectivity index (χ4v) is 2.59. The van der Waals surface area contributed by atoms with Crippen LogP contribution in [0.4, 0.5) is 0 Å². The Bertz CT molecular complexity index is 806. The number of hydrogen-bond donors (Lipinski definition) is 0. The van der Waals surface area contributed by atoms with Crippen LogP contribution < -0.4 is 24.8 Å². The Hall–Kier alpha value is -0.660. The van der Waals surface area contributed by atoms with Gasteiger partial charge >= 0.3 is 26.2 Å². The van der Waals surface area contributed by atoms with Gasteiger partial charge in [0.25, 0.3) is 0 Å². The van der Waals surface area contributed by atoms with E-state index in [0.29, 0.717) is 0 Å². The van der Waals surface area contributed by atoms with Crippen molar-refractivity contribution in [1.82, 2.24) is 0 Å². The Kier molecular flexibility index (Phi) is 16.3. The number of halogens is 2. The Labute approximate surface area is 191 Å². The van der Waals surface area contributed by atoms with Crippen molar-refractivity contribution in [3.05, 3.63) is 84.4 Å². The van der Waals surface area contributed by atoms with Gasteiger partial charge in [-0.05, 0) is 0 Å². The predicted molar refractivity (Wildman–Crippen MR) is 107 cm³/mol. The molecular weight excluding hydrogens is 454 g/mol. The summed E-state index contributed by atoms with van der Waals surface area (Å²) in [6.45, 7) is 6.61. The molecule has 1 radical (unpaired) electrons. The van der Waals surface area contributed by atoms with Gasteiger partial charge in [-0.25, -0.2) is 0 Å². The topological polar surface area (TPSA) is 0 Å². The van der Waals surface area contributed by atoms with Gasteiger partial charge in [0.15, 0.2) is 0 Å². The van der Waals surface area contributed by atoms with Gasteiger partial charge in [0.2, 0.25) is 0 Å². The van der Waals surface area contributed by atoms with E-state index < -0.39 is 0 Å². The molecular formula is C22H25Cl2SiZr. The SMILES string of the molecule is CCc1c[cH-]c2ccccc12.C[SiH]C.[Cl-].[Cl-].[Zr+4].c1ccc2[cH-]ccc2c1. The first-order valence-corrected chi connectivity index (χ1v) is 10.6. The molecule has 0 spiro atoms. The minimum Gasteiger partial charge on any atom is -1.00 e. The van der Waals surface area contributed by atoms with E-state index in [4.69, 9.17) is 0 Å². The minimum atomic E-state index is 0. The summed E-state index contributed by atoms with van der Waals surface area (Å²) in [5.74, 6) is 0. The number of rotatable bonds is 1. The van der Waals surface area contributed by atoms with Gasteiger partial charge in [0, 0.05) is 9.52 Å². The van der Waals surface area contributed by atoms with Crippen LogP contribution in [0.3, 0.4) is 0 Å². The number of hydrogen-bond acceptors (Lipinski definition) is 0. The van der Waals surface area contributed by atoms with Gasteiger partial charge in [-0.15, -0.1) is 70.8 Å². The summed E-state index contributed by atoms with van der Waals surface area (Å²) >= 11 is 0. The van der Waals surface area contributed by atoms with E-state index in [1.54, 1.807) is 0 Å². The van der Waals surface area contributed by atoms with Crippen LogP contribution in [0.5, 0.6) is 0 Å². The van der Waals surface area contributed by atoms with Crippen molar-refractivity contribution in [1.29, 1.82) is 0 Å². The second-order valence-corrected chi connectivity index (χ2v) is 6.69. The minimum absolute atomic E-state index is 0.